The molecule has 0 bridgehead atoms. The Kier molecular flexibility index (Phi) is 6.21. The number of hydrogen-bond donors (Lipinski definition) is 1. The lowest BCUT2D eigenvalue weighted by Crippen LogP contribution is -2.20. The Labute approximate surface area is 138 Å². The molecule has 0 spiro atoms. The van der Waals surface area contributed by atoms with Gasteiger partial charge < -0.3 is 4.74 Å². The zero-order chi connectivity index (χ0) is 15.9. The van der Waals surface area contributed by atoms with Crippen LogP contribution in [0.2, 0.25) is 0 Å². The van der Waals surface area contributed by atoms with Crippen LogP contribution in [0.4, 0.5) is 5.13 Å². The number of rotatable bonds is 7. The average Bonchev–Trinajstić information content (AvgIpc) is 2.93. The van der Waals surface area contributed by atoms with E-state index in [1.807, 2.05) is 31.2 Å². The minimum absolute atomic E-state index is 0.0443. The summed E-state index contributed by atoms with van der Waals surface area (Å²) in [7, 11) is 0. The van der Waals surface area contributed by atoms with Crippen LogP contribution in [-0.2, 0) is 4.79 Å². The summed E-state index contributed by atoms with van der Waals surface area (Å²) >= 11 is 2.97. The number of amides is 1. The van der Waals surface area contributed by atoms with Gasteiger partial charge in [-0.1, -0.05) is 56.0 Å². The number of thioether (sulfide) groups is 1. The number of ether oxygens (including phenoxy) is 1. The zero-order valence-corrected chi connectivity index (χ0v) is 14.5. The molecule has 2 aromatic rings. The van der Waals surface area contributed by atoms with Crippen LogP contribution in [0.25, 0.3) is 0 Å². The van der Waals surface area contributed by atoms with Gasteiger partial charge in [-0.2, -0.15) is 0 Å². The number of carbonyl (C=O) groups excluding carboxylic acids is 1. The Morgan fingerprint density at radius 3 is 2.95 bits per heavy atom. The van der Waals surface area contributed by atoms with Crippen LogP contribution in [0.5, 0.6) is 5.75 Å². The summed E-state index contributed by atoms with van der Waals surface area (Å²) in [5.41, 5.74) is 1.18. The maximum atomic E-state index is 11.9. The fourth-order valence-corrected chi connectivity index (χ4v) is 3.37. The molecule has 22 heavy (non-hydrogen) atoms. The first-order chi connectivity index (χ1) is 10.6. The number of carbonyl (C=O) groups is 1. The Morgan fingerprint density at radius 1 is 1.41 bits per heavy atom. The normalized spacial score (nSPS) is 10.7. The lowest BCUT2D eigenvalue weighted by atomic mass is 10.0. The molecule has 2 rings (SSSR count). The number of nitrogens with zero attached hydrogens (tertiary/aromatic N) is 2. The lowest BCUT2D eigenvalue weighted by molar-refractivity contribution is -0.118. The van der Waals surface area contributed by atoms with Gasteiger partial charge in [-0.15, -0.1) is 10.2 Å². The van der Waals surface area contributed by atoms with Gasteiger partial charge in [0.05, 0.1) is 0 Å². The summed E-state index contributed by atoms with van der Waals surface area (Å²) < 4.78 is 6.37. The first kappa shape index (κ1) is 16.8. The maximum absolute atomic E-state index is 11.9. The standard InChI is InChI=1S/C15H19N3O2S2/c1-4-21-15-18-17-14(22-15)16-13(19)9-20-12-7-5-6-11(8-12)10(2)3/h5-8,10H,4,9H2,1-3H3,(H,16,17,19). The molecule has 0 saturated carbocycles. The quantitative estimate of drug-likeness (QED) is 0.615. The van der Waals surface area contributed by atoms with Crippen LogP contribution >= 0.6 is 23.1 Å². The van der Waals surface area contributed by atoms with Crippen molar-refractivity contribution in [2.45, 2.75) is 31.0 Å². The van der Waals surface area contributed by atoms with Crippen molar-refractivity contribution in [3.05, 3.63) is 29.8 Å². The number of hydrogen-bond acceptors (Lipinski definition) is 6. The largest absolute Gasteiger partial charge is 0.484 e. The molecule has 118 valence electrons. The molecule has 1 amide bonds. The summed E-state index contributed by atoms with van der Waals surface area (Å²) in [6.07, 6.45) is 0. The number of benzene rings is 1. The molecule has 0 saturated heterocycles. The third-order valence-electron chi connectivity index (χ3n) is 2.82. The van der Waals surface area contributed by atoms with E-state index in [1.165, 1.54) is 16.9 Å². The van der Waals surface area contributed by atoms with Gasteiger partial charge in [0.25, 0.3) is 5.91 Å². The topological polar surface area (TPSA) is 64.1 Å². The average molecular weight is 337 g/mol. The lowest BCUT2D eigenvalue weighted by Gasteiger charge is -2.09. The van der Waals surface area contributed by atoms with E-state index >= 15 is 0 Å². The van der Waals surface area contributed by atoms with Gasteiger partial charge in [-0.25, -0.2) is 0 Å². The van der Waals surface area contributed by atoms with Crippen LogP contribution in [0.3, 0.4) is 0 Å². The first-order valence-corrected chi connectivity index (χ1v) is 8.87. The molecule has 0 aliphatic rings. The molecular formula is C15H19N3O2S2. The van der Waals surface area contributed by atoms with Gasteiger partial charge in [0, 0.05) is 0 Å². The van der Waals surface area contributed by atoms with Gasteiger partial charge in [0.15, 0.2) is 10.9 Å². The number of anilines is 1. The molecule has 0 aliphatic carbocycles. The van der Waals surface area contributed by atoms with Crippen LogP contribution < -0.4 is 10.1 Å². The van der Waals surface area contributed by atoms with Crippen LogP contribution in [-0.4, -0.2) is 28.5 Å². The molecule has 1 aromatic carbocycles. The van der Waals surface area contributed by atoms with Gasteiger partial charge in [-0.05, 0) is 29.4 Å². The SMILES string of the molecule is CCSc1nnc(NC(=O)COc2cccc(C(C)C)c2)s1. The van der Waals surface area contributed by atoms with E-state index in [9.17, 15) is 4.79 Å². The number of aromatic nitrogens is 2. The van der Waals surface area contributed by atoms with Gasteiger partial charge in [0.1, 0.15) is 5.75 Å². The summed E-state index contributed by atoms with van der Waals surface area (Å²) in [5, 5.41) is 11.1. The second kappa shape index (κ2) is 8.14. The predicted molar refractivity (Wildman–Crippen MR) is 91.0 cm³/mol. The Morgan fingerprint density at radius 2 is 2.23 bits per heavy atom. The van der Waals surface area contributed by atoms with Gasteiger partial charge in [-0.3, -0.25) is 10.1 Å². The molecular weight excluding hydrogens is 318 g/mol. The molecule has 5 nitrogen and oxygen atoms in total. The van der Waals surface area contributed by atoms with E-state index < -0.39 is 0 Å². The van der Waals surface area contributed by atoms with E-state index in [1.54, 1.807) is 11.8 Å². The van der Waals surface area contributed by atoms with Crippen molar-refractivity contribution >= 4 is 34.1 Å². The number of nitrogens with one attached hydrogen (secondary N) is 1. The van der Waals surface area contributed by atoms with Crippen molar-refractivity contribution in [2.24, 2.45) is 0 Å². The van der Waals surface area contributed by atoms with Crippen LogP contribution in [0.1, 0.15) is 32.3 Å². The third-order valence-corrected chi connectivity index (χ3v) is 4.67. The predicted octanol–water partition coefficient (Wildman–Crippen LogP) is 3.79. The van der Waals surface area contributed by atoms with E-state index in [4.69, 9.17) is 4.74 Å². The van der Waals surface area contributed by atoms with Crippen molar-refractivity contribution < 1.29 is 9.53 Å². The van der Waals surface area contributed by atoms with E-state index in [0.717, 1.165) is 10.1 Å². The van der Waals surface area contributed by atoms with Crippen molar-refractivity contribution in [2.75, 3.05) is 17.7 Å². The summed E-state index contributed by atoms with van der Waals surface area (Å²) in [6.45, 7) is 6.24. The van der Waals surface area contributed by atoms with E-state index in [0.29, 0.717) is 16.8 Å². The third kappa shape index (κ3) is 4.99. The summed E-state index contributed by atoms with van der Waals surface area (Å²) in [4.78, 5) is 11.9. The van der Waals surface area contributed by atoms with Crippen LogP contribution in [0.15, 0.2) is 28.6 Å². The fraction of sp³-hybridized carbons (Fsp3) is 0.400. The van der Waals surface area contributed by atoms with Crippen LogP contribution in [0, 0.1) is 0 Å². The molecule has 1 heterocycles. The maximum Gasteiger partial charge on any atom is 0.264 e. The monoisotopic (exact) mass is 337 g/mol. The zero-order valence-electron chi connectivity index (χ0n) is 12.8. The molecule has 0 atom stereocenters. The molecule has 0 radical (unpaired) electrons. The Balaban J connectivity index is 1.85. The van der Waals surface area contributed by atoms with Crippen molar-refractivity contribution in [1.29, 1.82) is 0 Å². The molecule has 1 aromatic heterocycles. The van der Waals surface area contributed by atoms with E-state index in [2.05, 4.69) is 29.4 Å². The second-order valence-corrected chi connectivity index (χ2v) is 7.36. The second-order valence-electron chi connectivity index (χ2n) is 4.87. The highest BCUT2D eigenvalue weighted by atomic mass is 32.2. The highest BCUT2D eigenvalue weighted by Gasteiger charge is 2.09. The molecule has 1 N–H and O–H groups in total. The highest BCUT2D eigenvalue weighted by Crippen LogP contribution is 2.25. The minimum Gasteiger partial charge on any atom is -0.484 e. The molecule has 0 unspecified atom stereocenters. The van der Waals surface area contributed by atoms with Crippen molar-refractivity contribution in [1.82, 2.24) is 10.2 Å². The van der Waals surface area contributed by atoms with Gasteiger partial charge >= 0.3 is 0 Å². The minimum atomic E-state index is -0.237. The fourth-order valence-electron chi connectivity index (χ4n) is 1.71. The molecule has 0 fully saturated rings. The Bertz CT molecular complexity index is 629. The molecule has 7 heteroatoms. The van der Waals surface area contributed by atoms with Crippen molar-refractivity contribution in [3.8, 4) is 5.75 Å². The van der Waals surface area contributed by atoms with Crippen molar-refractivity contribution in [3.63, 3.8) is 0 Å². The summed E-state index contributed by atoms with van der Waals surface area (Å²) in [5.74, 6) is 1.81. The molecule has 0 aliphatic heterocycles. The highest BCUT2D eigenvalue weighted by molar-refractivity contribution is 8.01. The Hall–Kier alpha value is -1.60. The summed E-state index contributed by atoms with van der Waals surface area (Å²) in [6, 6.07) is 7.78. The first-order valence-electron chi connectivity index (χ1n) is 7.07. The van der Waals surface area contributed by atoms with E-state index in [-0.39, 0.29) is 12.5 Å². The smallest absolute Gasteiger partial charge is 0.264 e. The van der Waals surface area contributed by atoms with Gasteiger partial charge in [0.2, 0.25) is 5.13 Å².